The Bertz CT molecular complexity index is 553. The molecule has 14 heavy (non-hydrogen) atoms. The molecule has 0 aliphatic rings. The molecule has 0 atom stereocenters. The molecule has 0 aliphatic carbocycles. The second-order valence-corrected chi connectivity index (χ2v) is 3.95. The Morgan fingerprint density at radius 3 is 2.86 bits per heavy atom. The lowest BCUT2D eigenvalue weighted by atomic mass is 10.2. The van der Waals surface area contributed by atoms with Crippen LogP contribution in [0, 0.1) is 0 Å². The molecular weight excluding hydrogens is 194 g/mol. The number of hydrogen-bond donors (Lipinski definition) is 0. The van der Waals surface area contributed by atoms with Crippen molar-refractivity contribution in [3.63, 3.8) is 0 Å². The van der Waals surface area contributed by atoms with Crippen LogP contribution in [0.1, 0.15) is 0 Å². The van der Waals surface area contributed by atoms with E-state index in [9.17, 15) is 0 Å². The van der Waals surface area contributed by atoms with Crippen LogP contribution in [0.4, 0.5) is 0 Å². The normalized spacial score (nSPS) is 10.9. The topological polar surface area (TPSA) is 26.0 Å². The average Bonchev–Trinajstić information content (AvgIpc) is 2.85. The largest absolute Gasteiger partial charge is 0.356 e. The number of benzene rings is 1. The number of nitrogens with zero attached hydrogens (tertiary/aromatic N) is 1. The maximum atomic E-state index is 5.23. The third-order valence-corrected chi connectivity index (χ3v) is 3.01. The van der Waals surface area contributed by atoms with Gasteiger partial charge in [-0.3, -0.25) is 0 Å². The maximum absolute atomic E-state index is 5.23. The highest BCUT2D eigenvalue weighted by Crippen LogP contribution is 2.30. The third kappa shape index (κ3) is 1.06. The molecule has 2 nitrogen and oxygen atoms in total. The molecule has 0 spiro atoms. The van der Waals surface area contributed by atoms with E-state index in [2.05, 4.69) is 11.2 Å². The molecule has 2 aromatic heterocycles. The summed E-state index contributed by atoms with van der Waals surface area (Å²) >= 11 is 1.67. The van der Waals surface area contributed by atoms with Crippen LogP contribution < -0.4 is 0 Å². The molecule has 3 rings (SSSR count). The Kier molecular flexibility index (Phi) is 1.64. The van der Waals surface area contributed by atoms with E-state index in [1.807, 2.05) is 35.7 Å². The summed E-state index contributed by atoms with van der Waals surface area (Å²) < 4.78 is 5.23. The zero-order valence-electron chi connectivity index (χ0n) is 7.31. The van der Waals surface area contributed by atoms with E-state index in [0.717, 1.165) is 21.5 Å². The Balaban J connectivity index is 2.33. The van der Waals surface area contributed by atoms with Crippen molar-refractivity contribution in [1.29, 1.82) is 0 Å². The van der Waals surface area contributed by atoms with Crippen LogP contribution in [0.2, 0.25) is 0 Å². The van der Waals surface area contributed by atoms with Crippen LogP contribution in [0.3, 0.4) is 0 Å². The number of thiophene rings is 1. The van der Waals surface area contributed by atoms with Crippen molar-refractivity contribution in [3.05, 3.63) is 41.8 Å². The Morgan fingerprint density at radius 2 is 2.00 bits per heavy atom. The van der Waals surface area contributed by atoms with E-state index in [1.165, 1.54) is 0 Å². The fraction of sp³-hybridized carbons (Fsp3) is 0. The Labute approximate surface area is 84.8 Å². The summed E-state index contributed by atoms with van der Waals surface area (Å²) in [4.78, 5) is 1.15. The summed E-state index contributed by atoms with van der Waals surface area (Å²) in [6.45, 7) is 0. The molecule has 1 aromatic carbocycles. The zero-order chi connectivity index (χ0) is 9.38. The van der Waals surface area contributed by atoms with Gasteiger partial charge in [-0.15, -0.1) is 11.3 Å². The van der Waals surface area contributed by atoms with Gasteiger partial charge in [0.05, 0.1) is 10.3 Å². The van der Waals surface area contributed by atoms with E-state index < -0.39 is 0 Å². The first-order valence-electron chi connectivity index (χ1n) is 4.33. The van der Waals surface area contributed by atoms with Gasteiger partial charge in [0.15, 0.2) is 5.58 Å². The predicted molar refractivity (Wildman–Crippen MR) is 57.3 cm³/mol. The summed E-state index contributed by atoms with van der Waals surface area (Å²) in [6.07, 6.45) is 0. The SMILES string of the molecule is c1csc(-c2noc3ccccc23)c1. The van der Waals surface area contributed by atoms with E-state index in [4.69, 9.17) is 4.52 Å². The van der Waals surface area contributed by atoms with Crippen molar-refractivity contribution < 1.29 is 4.52 Å². The smallest absolute Gasteiger partial charge is 0.167 e. The molecular formula is C11H7NOS. The second kappa shape index (κ2) is 2.96. The molecule has 3 aromatic rings. The number of hydrogen-bond acceptors (Lipinski definition) is 3. The molecule has 68 valence electrons. The Hall–Kier alpha value is -1.61. The molecule has 0 saturated carbocycles. The summed E-state index contributed by atoms with van der Waals surface area (Å²) in [7, 11) is 0. The van der Waals surface area contributed by atoms with Gasteiger partial charge in [-0.25, -0.2) is 0 Å². The van der Waals surface area contributed by atoms with E-state index >= 15 is 0 Å². The minimum Gasteiger partial charge on any atom is -0.356 e. The average molecular weight is 201 g/mol. The van der Waals surface area contributed by atoms with Crippen molar-refractivity contribution in [2.75, 3.05) is 0 Å². The van der Waals surface area contributed by atoms with Crippen molar-refractivity contribution in [2.24, 2.45) is 0 Å². The first kappa shape index (κ1) is 7.76. The molecule has 0 radical (unpaired) electrons. The van der Waals surface area contributed by atoms with Crippen molar-refractivity contribution in [1.82, 2.24) is 5.16 Å². The fourth-order valence-corrected chi connectivity index (χ4v) is 2.20. The molecule has 0 N–H and O–H groups in total. The first-order valence-corrected chi connectivity index (χ1v) is 5.21. The minimum absolute atomic E-state index is 0.843. The van der Waals surface area contributed by atoms with Gasteiger partial charge in [0.1, 0.15) is 5.69 Å². The molecule has 0 aliphatic heterocycles. The summed E-state index contributed by atoms with van der Waals surface area (Å²) in [5.74, 6) is 0. The van der Waals surface area contributed by atoms with Crippen LogP contribution in [0.25, 0.3) is 21.5 Å². The lowest BCUT2D eigenvalue weighted by molar-refractivity contribution is 0.459. The quantitative estimate of drug-likeness (QED) is 0.601. The second-order valence-electron chi connectivity index (χ2n) is 3.00. The molecule has 0 unspecified atom stereocenters. The molecule has 0 saturated heterocycles. The molecule has 3 heteroatoms. The number of rotatable bonds is 1. The third-order valence-electron chi connectivity index (χ3n) is 2.13. The van der Waals surface area contributed by atoms with Gasteiger partial charge >= 0.3 is 0 Å². The summed E-state index contributed by atoms with van der Waals surface area (Å²) in [5, 5.41) is 7.19. The first-order chi connectivity index (χ1) is 6.95. The number of fused-ring (bicyclic) bond motifs is 1. The highest BCUT2D eigenvalue weighted by atomic mass is 32.1. The van der Waals surface area contributed by atoms with Crippen molar-refractivity contribution >= 4 is 22.3 Å². The van der Waals surface area contributed by atoms with E-state index in [1.54, 1.807) is 11.3 Å². The lowest BCUT2D eigenvalue weighted by Crippen LogP contribution is -1.70. The van der Waals surface area contributed by atoms with E-state index in [-0.39, 0.29) is 0 Å². The molecule has 2 heterocycles. The van der Waals surface area contributed by atoms with E-state index in [0.29, 0.717) is 0 Å². The minimum atomic E-state index is 0.843. The predicted octanol–water partition coefficient (Wildman–Crippen LogP) is 3.56. The van der Waals surface area contributed by atoms with Gasteiger partial charge in [0.2, 0.25) is 0 Å². The number of para-hydroxylation sites is 1. The van der Waals surface area contributed by atoms with Gasteiger partial charge in [0, 0.05) is 0 Å². The van der Waals surface area contributed by atoms with Crippen LogP contribution in [0.15, 0.2) is 46.3 Å². The van der Waals surface area contributed by atoms with Crippen LogP contribution in [-0.2, 0) is 0 Å². The Morgan fingerprint density at radius 1 is 1.07 bits per heavy atom. The van der Waals surface area contributed by atoms with Crippen LogP contribution in [0.5, 0.6) is 0 Å². The van der Waals surface area contributed by atoms with Gasteiger partial charge < -0.3 is 4.52 Å². The van der Waals surface area contributed by atoms with Gasteiger partial charge in [-0.1, -0.05) is 23.4 Å². The van der Waals surface area contributed by atoms with Crippen LogP contribution in [-0.4, -0.2) is 5.16 Å². The molecule has 0 amide bonds. The van der Waals surface area contributed by atoms with Crippen molar-refractivity contribution in [3.8, 4) is 10.6 Å². The van der Waals surface area contributed by atoms with Gasteiger partial charge in [-0.05, 0) is 23.6 Å². The molecule has 0 fully saturated rings. The lowest BCUT2D eigenvalue weighted by Gasteiger charge is -1.88. The fourth-order valence-electron chi connectivity index (χ4n) is 1.48. The maximum Gasteiger partial charge on any atom is 0.167 e. The highest BCUT2D eigenvalue weighted by Gasteiger charge is 2.09. The highest BCUT2D eigenvalue weighted by molar-refractivity contribution is 7.13. The standard InChI is InChI=1S/C11H7NOS/c1-2-5-9-8(4-1)11(12-13-9)10-6-3-7-14-10/h1-7H. The van der Waals surface area contributed by atoms with Gasteiger partial charge in [0.25, 0.3) is 0 Å². The van der Waals surface area contributed by atoms with Crippen molar-refractivity contribution in [2.45, 2.75) is 0 Å². The molecule has 0 bridgehead atoms. The van der Waals surface area contributed by atoms with Crippen LogP contribution >= 0.6 is 11.3 Å². The summed E-state index contributed by atoms with van der Waals surface area (Å²) in [6, 6.07) is 12.0. The number of aromatic nitrogens is 1. The monoisotopic (exact) mass is 201 g/mol. The summed E-state index contributed by atoms with van der Waals surface area (Å²) in [5.41, 5.74) is 1.78. The van der Waals surface area contributed by atoms with Gasteiger partial charge in [-0.2, -0.15) is 0 Å². The zero-order valence-corrected chi connectivity index (χ0v) is 8.12.